The Kier molecular flexibility index (Phi) is 8.60. The molecule has 2 N–H and O–H groups in total. The van der Waals surface area contributed by atoms with Crippen molar-refractivity contribution in [3.05, 3.63) is 12.7 Å². The van der Waals surface area contributed by atoms with Gasteiger partial charge in [-0.25, -0.2) is 4.79 Å². The highest BCUT2D eigenvalue weighted by Gasteiger charge is 1.94. The van der Waals surface area contributed by atoms with Gasteiger partial charge in [0.15, 0.2) is 0 Å². The van der Waals surface area contributed by atoms with Crippen molar-refractivity contribution in [2.24, 2.45) is 5.73 Å². The molecule has 0 radical (unpaired) electrons. The fourth-order valence-corrected chi connectivity index (χ4v) is 0.680. The summed E-state index contributed by atoms with van der Waals surface area (Å²) >= 11 is 0. The minimum atomic E-state index is -0.387. The molecule has 0 aliphatic carbocycles. The molecule has 0 amide bonds. The van der Waals surface area contributed by atoms with Crippen LogP contribution in [0.25, 0.3) is 0 Å². The lowest BCUT2D eigenvalue weighted by Crippen LogP contribution is -2.08. The van der Waals surface area contributed by atoms with Gasteiger partial charge in [0.05, 0.1) is 6.61 Å². The van der Waals surface area contributed by atoms with Crippen LogP contribution in [0.15, 0.2) is 12.7 Å². The quantitative estimate of drug-likeness (QED) is 0.341. The standard InChI is InChI=1S/C9H17NO3/c1-2-9(11)13-8-4-7-12-6-3-5-10/h2H,1,3-8,10H2. The molecule has 76 valence electrons. The third kappa shape index (κ3) is 9.04. The van der Waals surface area contributed by atoms with E-state index in [1.165, 1.54) is 0 Å². The molecule has 0 aromatic heterocycles. The molecule has 0 saturated carbocycles. The van der Waals surface area contributed by atoms with E-state index in [9.17, 15) is 4.79 Å². The van der Waals surface area contributed by atoms with E-state index < -0.39 is 0 Å². The van der Waals surface area contributed by atoms with Crippen LogP contribution in [0, 0.1) is 0 Å². The van der Waals surface area contributed by atoms with E-state index in [2.05, 4.69) is 6.58 Å². The molecule has 0 heterocycles. The topological polar surface area (TPSA) is 61.5 Å². The number of nitrogens with two attached hydrogens (primary N) is 1. The summed E-state index contributed by atoms with van der Waals surface area (Å²) in [5.74, 6) is -0.387. The van der Waals surface area contributed by atoms with Gasteiger partial charge in [0, 0.05) is 25.7 Å². The maximum Gasteiger partial charge on any atom is 0.330 e. The summed E-state index contributed by atoms with van der Waals surface area (Å²) in [6, 6.07) is 0. The molecule has 0 rings (SSSR count). The summed E-state index contributed by atoms with van der Waals surface area (Å²) in [7, 11) is 0. The van der Waals surface area contributed by atoms with Gasteiger partial charge in [-0.05, 0) is 13.0 Å². The van der Waals surface area contributed by atoms with Gasteiger partial charge in [-0.3, -0.25) is 0 Å². The van der Waals surface area contributed by atoms with E-state index in [4.69, 9.17) is 15.2 Å². The normalized spacial score (nSPS) is 9.62. The van der Waals surface area contributed by atoms with Crippen molar-refractivity contribution in [1.82, 2.24) is 0 Å². The highest BCUT2D eigenvalue weighted by molar-refractivity contribution is 5.81. The van der Waals surface area contributed by atoms with Gasteiger partial charge in [-0.2, -0.15) is 0 Å². The number of carbonyl (C=O) groups excluding carboxylic acids is 1. The van der Waals surface area contributed by atoms with Crippen LogP contribution >= 0.6 is 0 Å². The van der Waals surface area contributed by atoms with Crippen LogP contribution in [-0.2, 0) is 14.3 Å². The van der Waals surface area contributed by atoms with Crippen LogP contribution in [0.3, 0.4) is 0 Å². The molecule has 0 spiro atoms. The van der Waals surface area contributed by atoms with Crippen LogP contribution in [0.1, 0.15) is 12.8 Å². The van der Waals surface area contributed by atoms with Crippen LogP contribution in [0.4, 0.5) is 0 Å². The van der Waals surface area contributed by atoms with E-state index in [0.717, 1.165) is 12.5 Å². The van der Waals surface area contributed by atoms with Crippen LogP contribution in [0.2, 0.25) is 0 Å². The summed E-state index contributed by atoms with van der Waals surface area (Å²) in [5.41, 5.74) is 5.27. The molecule has 0 bridgehead atoms. The predicted octanol–water partition coefficient (Wildman–Crippen LogP) is 0.471. The molecule has 0 aromatic carbocycles. The Bertz CT molecular complexity index is 148. The summed E-state index contributed by atoms with van der Waals surface area (Å²) in [6.07, 6.45) is 2.73. The summed E-state index contributed by atoms with van der Waals surface area (Å²) < 4.78 is 9.93. The molecule has 4 nitrogen and oxygen atoms in total. The third-order valence-electron chi connectivity index (χ3n) is 1.34. The van der Waals surface area contributed by atoms with Crippen molar-refractivity contribution >= 4 is 5.97 Å². The van der Waals surface area contributed by atoms with Gasteiger partial charge in [-0.1, -0.05) is 6.58 Å². The lowest BCUT2D eigenvalue weighted by molar-refractivity contribution is -0.138. The minimum absolute atomic E-state index is 0.382. The van der Waals surface area contributed by atoms with E-state index >= 15 is 0 Å². The second kappa shape index (κ2) is 9.22. The third-order valence-corrected chi connectivity index (χ3v) is 1.34. The Hall–Kier alpha value is -0.870. The minimum Gasteiger partial charge on any atom is -0.462 e. The van der Waals surface area contributed by atoms with Crippen molar-refractivity contribution in [2.75, 3.05) is 26.4 Å². The Balaban J connectivity index is 2.99. The van der Waals surface area contributed by atoms with Crippen molar-refractivity contribution in [3.8, 4) is 0 Å². The van der Waals surface area contributed by atoms with Crippen LogP contribution < -0.4 is 5.73 Å². The largest absolute Gasteiger partial charge is 0.462 e. The molecule has 0 aromatic rings. The van der Waals surface area contributed by atoms with Crippen LogP contribution in [-0.4, -0.2) is 32.3 Å². The van der Waals surface area contributed by atoms with Gasteiger partial charge in [0.25, 0.3) is 0 Å². The van der Waals surface area contributed by atoms with Crippen molar-refractivity contribution in [1.29, 1.82) is 0 Å². The number of esters is 1. The molecule has 0 saturated heterocycles. The predicted molar refractivity (Wildman–Crippen MR) is 50.3 cm³/mol. The lowest BCUT2D eigenvalue weighted by Gasteiger charge is -2.03. The van der Waals surface area contributed by atoms with Crippen LogP contribution in [0.5, 0.6) is 0 Å². The van der Waals surface area contributed by atoms with Gasteiger partial charge in [0.2, 0.25) is 0 Å². The maximum absolute atomic E-state index is 10.5. The number of rotatable bonds is 8. The highest BCUT2D eigenvalue weighted by atomic mass is 16.5. The zero-order chi connectivity index (χ0) is 9.94. The Labute approximate surface area is 78.7 Å². The Morgan fingerprint density at radius 3 is 2.62 bits per heavy atom. The average molecular weight is 187 g/mol. The first kappa shape index (κ1) is 12.1. The molecule has 4 heteroatoms. The van der Waals surface area contributed by atoms with E-state index in [1.54, 1.807) is 0 Å². The van der Waals surface area contributed by atoms with Gasteiger partial charge in [-0.15, -0.1) is 0 Å². The monoisotopic (exact) mass is 187 g/mol. The second-order valence-electron chi connectivity index (χ2n) is 2.48. The van der Waals surface area contributed by atoms with Crippen molar-refractivity contribution < 1.29 is 14.3 Å². The van der Waals surface area contributed by atoms with Gasteiger partial charge in [0.1, 0.15) is 0 Å². The smallest absolute Gasteiger partial charge is 0.330 e. The SMILES string of the molecule is C=CC(=O)OCCCOCCCN. The highest BCUT2D eigenvalue weighted by Crippen LogP contribution is 1.87. The molecular formula is C9H17NO3. The molecule has 0 fully saturated rings. The Morgan fingerprint density at radius 2 is 2.00 bits per heavy atom. The summed E-state index contributed by atoms with van der Waals surface area (Å²) in [6.45, 7) is 5.58. The first-order valence-electron chi connectivity index (χ1n) is 4.38. The molecular weight excluding hydrogens is 170 g/mol. The number of ether oxygens (including phenoxy) is 2. The zero-order valence-corrected chi connectivity index (χ0v) is 7.83. The first-order chi connectivity index (χ1) is 6.31. The molecule has 13 heavy (non-hydrogen) atoms. The zero-order valence-electron chi connectivity index (χ0n) is 7.83. The summed E-state index contributed by atoms with van der Waals surface area (Å²) in [5, 5.41) is 0. The Morgan fingerprint density at radius 1 is 1.31 bits per heavy atom. The molecule has 0 atom stereocenters. The lowest BCUT2D eigenvalue weighted by atomic mass is 10.4. The first-order valence-corrected chi connectivity index (χ1v) is 4.38. The van der Waals surface area contributed by atoms with Gasteiger partial charge < -0.3 is 15.2 Å². The second-order valence-corrected chi connectivity index (χ2v) is 2.48. The van der Waals surface area contributed by atoms with E-state index in [0.29, 0.717) is 32.8 Å². The summed E-state index contributed by atoms with van der Waals surface area (Å²) in [4.78, 5) is 10.5. The number of hydrogen-bond donors (Lipinski definition) is 1. The number of hydrogen-bond acceptors (Lipinski definition) is 4. The van der Waals surface area contributed by atoms with Crippen molar-refractivity contribution in [2.45, 2.75) is 12.8 Å². The van der Waals surface area contributed by atoms with Crippen molar-refractivity contribution in [3.63, 3.8) is 0 Å². The fourth-order valence-electron chi connectivity index (χ4n) is 0.680. The average Bonchev–Trinajstić information content (AvgIpc) is 2.16. The molecule has 0 aliphatic heterocycles. The fraction of sp³-hybridized carbons (Fsp3) is 0.667. The van der Waals surface area contributed by atoms with Gasteiger partial charge >= 0.3 is 5.97 Å². The molecule has 0 unspecified atom stereocenters. The van der Waals surface area contributed by atoms with E-state index in [1.807, 2.05) is 0 Å². The molecule has 0 aliphatic rings. The maximum atomic E-state index is 10.5. The number of carbonyl (C=O) groups is 1. The van der Waals surface area contributed by atoms with E-state index in [-0.39, 0.29) is 5.97 Å².